The highest BCUT2D eigenvalue weighted by molar-refractivity contribution is 7.90. The van der Waals surface area contributed by atoms with Gasteiger partial charge in [0.2, 0.25) is 0 Å². The molecular formula is C14H22N2O2S. The van der Waals surface area contributed by atoms with Crippen molar-refractivity contribution in [2.24, 2.45) is 5.92 Å². The molecule has 1 aliphatic rings. The van der Waals surface area contributed by atoms with Crippen molar-refractivity contribution in [1.82, 2.24) is 4.31 Å². The molecule has 0 unspecified atom stereocenters. The summed E-state index contributed by atoms with van der Waals surface area (Å²) in [7, 11) is -3.41. The van der Waals surface area contributed by atoms with Crippen LogP contribution in [-0.4, -0.2) is 25.8 Å². The SMILES string of the molecule is Cc1cc(C)cc(NS(=O)(=O)N2CCC(C)CC2)c1. The Labute approximate surface area is 116 Å². The van der Waals surface area contributed by atoms with Crippen molar-refractivity contribution in [3.8, 4) is 0 Å². The number of anilines is 1. The molecule has 1 aliphatic heterocycles. The van der Waals surface area contributed by atoms with Gasteiger partial charge >= 0.3 is 10.2 Å². The summed E-state index contributed by atoms with van der Waals surface area (Å²) in [6, 6.07) is 5.74. The lowest BCUT2D eigenvalue weighted by atomic mass is 10.0. The minimum absolute atomic E-state index is 0.612. The zero-order chi connectivity index (χ0) is 14.0. The quantitative estimate of drug-likeness (QED) is 0.926. The number of nitrogens with one attached hydrogen (secondary N) is 1. The second-order valence-corrected chi connectivity index (χ2v) is 7.24. The smallest absolute Gasteiger partial charge is 0.271 e. The minimum atomic E-state index is -3.41. The lowest BCUT2D eigenvalue weighted by Gasteiger charge is -2.29. The summed E-state index contributed by atoms with van der Waals surface area (Å²) >= 11 is 0. The van der Waals surface area contributed by atoms with Crippen LogP contribution in [0, 0.1) is 19.8 Å². The molecule has 0 amide bonds. The van der Waals surface area contributed by atoms with Crippen molar-refractivity contribution < 1.29 is 8.42 Å². The van der Waals surface area contributed by atoms with Gasteiger partial charge in [-0.25, -0.2) is 0 Å². The third-order valence-electron chi connectivity index (χ3n) is 3.55. The van der Waals surface area contributed by atoms with E-state index in [0.29, 0.717) is 24.7 Å². The monoisotopic (exact) mass is 282 g/mol. The molecule has 1 heterocycles. The highest BCUT2D eigenvalue weighted by Crippen LogP contribution is 2.21. The normalized spacial score (nSPS) is 18.5. The maximum absolute atomic E-state index is 12.3. The fourth-order valence-electron chi connectivity index (χ4n) is 2.47. The van der Waals surface area contributed by atoms with E-state index in [9.17, 15) is 8.42 Å². The van der Waals surface area contributed by atoms with Gasteiger partial charge in [-0.3, -0.25) is 4.72 Å². The minimum Gasteiger partial charge on any atom is -0.271 e. The predicted molar refractivity (Wildman–Crippen MR) is 78.4 cm³/mol. The van der Waals surface area contributed by atoms with Crippen molar-refractivity contribution in [2.45, 2.75) is 33.6 Å². The molecule has 0 bridgehead atoms. The van der Waals surface area contributed by atoms with E-state index < -0.39 is 10.2 Å². The number of nitrogens with zero attached hydrogens (tertiary/aromatic N) is 1. The van der Waals surface area contributed by atoms with E-state index in [4.69, 9.17) is 0 Å². The van der Waals surface area contributed by atoms with Crippen molar-refractivity contribution in [2.75, 3.05) is 17.8 Å². The van der Waals surface area contributed by atoms with Crippen LogP contribution < -0.4 is 4.72 Å². The van der Waals surface area contributed by atoms with Gasteiger partial charge in [0.05, 0.1) is 5.69 Å². The van der Waals surface area contributed by atoms with Gasteiger partial charge in [0, 0.05) is 13.1 Å². The molecule has 0 saturated carbocycles. The second kappa shape index (κ2) is 5.51. The van der Waals surface area contributed by atoms with E-state index in [-0.39, 0.29) is 0 Å². The number of rotatable bonds is 3. The molecular weight excluding hydrogens is 260 g/mol. The largest absolute Gasteiger partial charge is 0.301 e. The Hall–Kier alpha value is -1.07. The maximum atomic E-state index is 12.3. The summed E-state index contributed by atoms with van der Waals surface area (Å²) in [6.07, 6.45) is 1.88. The number of benzene rings is 1. The Morgan fingerprint density at radius 3 is 2.16 bits per heavy atom. The molecule has 1 aromatic rings. The molecule has 1 saturated heterocycles. The third kappa shape index (κ3) is 3.70. The van der Waals surface area contributed by atoms with Crippen LogP contribution in [0.25, 0.3) is 0 Å². The molecule has 0 atom stereocenters. The molecule has 0 aromatic heterocycles. The Bertz CT molecular complexity index is 526. The van der Waals surface area contributed by atoms with Crippen molar-refractivity contribution in [3.63, 3.8) is 0 Å². The van der Waals surface area contributed by atoms with Crippen LogP contribution in [-0.2, 0) is 10.2 Å². The Balaban J connectivity index is 2.12. The topological polar surface area (TPSA) is 49.4 Å². The fraction of sp³-hybridized carbons (Fsp3) is 0.571. The Kier molecular flexibility index (Phi) is 4.16. The van der Waals surface area contributed by atoms with E-state index in [1.54, 1.807) is 4.31 Å². The van der Waals surface area contributed by atoms with Gasteiger partial charge in [-0.15, -0.1) is 0 Å². The van der Waals surface area contributed by atoms with Crippen LogP contribution in [0.5, 0.6) is 0 Å². The lowest BCUT2D eigenvalue weighted by molar-refractivity contribution is 0.289. The van der Waals surface area contributed by atoms with Crippen LogP contribution in [0.15, 0.2) is 18.2 Å². The fourth-order valence-corrected chi connectivity index (χ4v) is 3.71. The molecule has 0 aliphatic carbocycles. The first-order chi connectivity index (χ1) is 8.87. The van der Waals surface area contributed by atoms with E-state index in [1.165, 1.54) is 0 Å². The zero-order valence-corrected chi connectivity index (χ0v) is 12.6. The van der Waals surface area contributed by atoms with E-state index in [2.05, 4.69) is 11.6 Å². The number of aryl methyl sites for hydroxylation is 2. The van der Waals surface area contributed by atoms with Gasteiger partial charge in [-0.1, -0.05) is 13.0 Å². The van der Waals surface area contributed by atoms with Crippen molar-refractivity contribution in [1.29, 1.82) is 0 Å². The Morgan fingerprint density at radius 1 is 1.11 bits per heavy atom. The molecule has 106 valence electrons. The molecule has 0 radical (unpaired) electrons. The van der Waals surface area contributed by atoms with E-state index in [1.807, 2.05) is 32.0 Å². The molecule has 1 aromatic carbocycles. The molecule has 1 fully saturated rings. The molecule has 2 rings (SSSR count). The van der Waals surface area contributed by atoms with Gasteiger partial charge in [0.15, 0.2) is 0 Å². The number of hydrogen-bond donors (Lipinski definition) is 1. The van der Waals surface area contributed by atoms with Crippen LogP contribution in [0.1, 0.15) is 30.9 Å². The Morgan fingerprint density at radius 2 is 1.63 bits per heavy atom. The average Bonchev–Trinajstić information content (AvgIpc) is 2.27. The molecule has 0 spiro atoms. The summed E-state index contributed by atoms with van der Waals surface area (Å²) in [5.41, 5.74) is 2.77. The van der Waals surface area contributed by atoms with Crippen LogP contribution in [0.3, 0.4) is 0 Å². The first-order valence-corrected chi connectivity index (χ1v) is 8.17. The summed E-state index contributed by atoms with van der Waals surface area (Å²) in [4.78, 5) is 0. The summed E-state index contributed by atoms with van der Waals surface area (Å²) in [5, 5.41) is 0. The van der Waals surface area contributed by atoms with Crippen molar-refractivity contribution >= 4 is 15.9 Å². The highest BCUT2D eigenvalue weighted by Gasteiger charge is 2.26. The second-order valence-electron chi connectivity index (χ2n) is 5.57. The molecule has 1 N–H and O–H groups in total. The van der Waals surface area contributed by atoms with E-state index >= 15 is 0 Å². The molecule has 4 nitrogen and oxygen atoms in total. The van der Waals surface area contributed by atoms with Gasteiger partial charge in [0.25, 0.3) is 0 Å². The van der Waals surface area contributed by atoms with Gasteiger partial charge in [-0.05, 0) is 55.9 Å². The van der Waals surface area contributed by atoms with Crippen LogP contribution >= 0.6 is 0 Å². The standard InChI is InChI=1S/C14H22N2O2S/c1-11-4-6-16(7-5-11)19(17,18)15-14-9-12(2)8-13(3)10-14/h8-11,15H,4-7H2,1-3H3. The zero-order valence-electron chi connectivity index (χ0n) is 11.8. The van der Waals surface area contributed by atoms with Crippen LogP contribution in [0.2, 0.25) is 0 Å². The summed E-state index contributed by atoms with van der Waals surface area (Å²) in [6.45, 7) is 7.32. The molecule has 5 heteroatoms. The number of hydrogen-bond acceptors (Lipinski definition) is 2. The van der Waals surface area contributed by atoms with Crippen molar-refractivity contribution in [3.05, 3.63) is 29.3 Å². The number of piperidine rings is 1. The van der Waals surface area contributed by atoms with Gasteiger partial charge < -0.3 is 0 Å². The summed E-state index contributed by atoms with van der Waals surface area (Å²) < 4.78 is 28.8. The predicted octanol–water partition coefficient (Wildman–Crippen LogP) is 2.69. The lowest BCUT2D eigenvalue weighted by Crippen LogP contribution is -2.41. The summed E-state index contributed by atoms with van der Waals surface area (Å²) in [5.74, 6) is 0.618. The third-order valence-corrected chi connectivity index (χ3v) is 5.09. The first-order valence-electron chi connectivity index (χ1n) is 6.73. The van der Waals surface area contributed by atoms with E-state index in [0.717, 1.165) is 24.0 Å². The van der Waals surface area contributed by atoms with Gasteiger partial charge in [0.1, 0.15) is 0 Å². The van der Waals surface area contributed by atoms with Crippen LogP contribution in [0.4, 0.5) is 5.69 Å². The van der Waals surface area contributed by atoms with Gasteiger partial charge in [-0.2, -0.15) is 12.7 Å². The first kappa shape index (κ1) is 14.3. The average molecular weight is 282 g/mol. The maximum Gasteiger partial charge on any atom is 0.301 e. The molecule has 19 heavy (non-hydrogen) atoms. The highest BCUT2D eigenvalue weighted by atomic mass is 32.2.